The number of hydrogen-bond donors (Lipinski definition) is 0. The van der Waals surface area contributed by atoms with Crippen molar-refractivity contribution in [2.75, 3.05) is 47.5 Å². The van der Waals surface area contributed by atoms with Crippen molar-refractivity contribution in [2.45, 2.75) is 245 Å². The van der Waals surface area contributed by atoms with Crippen molar-refractivity contribution in [1.29, 1.82) is 0 Å². The van der Waals surface area contributed by atoms with Gasteiger partial charge in [0.2, 0.25) is 0 Å². The van der Waals surface area contributed by atoms with E-state index in [1.54, 1.807) is 0 Å². The van der Waals surface area contributed by atoms with Gasteiger partial charge in [-0.25, -0.2) is 0 Å². The molecule has 0 radical (unpaired) electrons. The molecule has 0 aliphatic carbocycles. The van der Waals surface area contributed by atoms with E-state index in [1.807, 2.05) is 21.1 Å². The van der Waals surface area contributed by atoms with Crippen molar-refractivity contribution in [1.82, 2.24) is 0 Å². The van der Waals surface area contributed by atoms with Crippen molar-refractivity contribution < 1.29 is 42.1 Å². The van der Waals surface area contributed by atoms with Gasteiger partial charge in [-0.1, -0.05) is 213 Å². The zero-order valence-corrected chi connectivity index (χ0v) is 39.2. The largest absolute Gasteiger partial charge is 0.756 e. The van der Waals surface area contributed by atoms with Crippen LogP contribution < -0.4 is 4.89 Å². The van der Waals surface area contributed by atoms with Crippen LogP contribution in [0.15, 0.2) is 0 Å². The molecule has 0 heterocycles. The molecule has 0 aliphatic heterocycles. The maximum Gasteiger partial charge on any atom is 0.306 e. The Morgan fingerprint density at radius 1 is 0.474 bits per heavy atom. The smallest absolute Gasteiger partial charge is 0.306 e. The SMILES string of the molecule is CCCCCCCCCCCCCCCCCCCCCCCC(=O)OCC(COP(=O)([O-])OCC[N+](C)(C)C)OC(=O)CCCCCCCCCCCCCC. The van der Waals surface area contributed by atoms with Crippen molar-refractivity contribution in [3.8, 4) is 0 Å². The van der Waals surface area contributed by atoms with E-state index in [4.69, 9.17) is 18.5 Å². The second kappa shape index (κ2) is 40.4. The third kappa shape index (κ3) is 44.4. The summed E-state index contributed by atoms with van der Waals surface area (Å²) in [7, 11) is 1.18. The number of carbonyl (C=O) groups is 2. The summed E-state index contributed by atoms with van der Waals surface area (Å²) in [6, 6.07) is 0. The Labute approximate surface area is 353 Å². The maximum absolute atomic E-state index is 12.7. The van der Waals surface area contributed by atoms with Crippen LogP contribution in [-0.4, -0.2) is 70.0 Å². The van der Waals surface area contributed by atoms with Crippen LogP contribution in [0.5, 0.6) is 0 Å². The highest BCUT2D eigenvalue weighted by molar-refractivity contribution is 7.45. The molecule has 2 unspecified atom stereocenters. The Balaban J connectivity index is 4.17. The van der Waals surface area contributed by atoms with E-state index in [1.165, 1.54) is 173 Å². The maximum atomic E-state index is 12.7. The van der Waals surface area contributed by atoms with Crippen molar-refractivity contribution in [2.24, 2.45) is 0 Å². The molecule has 0 aromatic carbocycles. The van der Waals surface area contributed by atoms with E-state index in [2.05, 4.69) is 13.8 Å². The number of esters is 2. The molecule has 0 N–H and O–H groups in total. The first-order valence-electron chi connectivity index (χ1n) is 24.2. The van der Waals surface area contributed by atoms with Crippen molar-refractivity contribution >= 4 is 19.8 Å². The molecule has 0 aromatic heterocycles. The molecule has 0 rings (SSSR count). The Bertz CT molecular complexity index is 943. The highest BCUT2D eigenvalue weighted by atomic mass is 31.2. The molecule has 0 spiro atoms. The van der Waals surface area contributed by atoms with Crippen LogP contribution >= 0.6 is 7.82 Å². The van der Waals surface area contributed by atoms with Crippen molar-refractivity contribution in [3.63, 3.8) is 0 Å². The predicted molar refractivity (Wildman–Crippen MR) is 236 cm³/mol. The molecule has 0 fully saturated rings. The van der Waals surface area contributed by atoms with Gasteiger partial charge in [-0.3, -0.25) is 14.2 Å². The fourth-order valence-corrected chi connectivity index (χ4v) is 7.80. The first kappa shape index (κ1) is 56.0. The zero-order valence-electron chi connectivity index (χ0n) is 38.3. The Hall–Kier alpha value is -0.990. The predicted octanol–water partition coefficient (Wildman–Crippen LogP) is 13.3. The molecule has 0 amide bonds. The van der Waals surface area contributed by atoms with Crippen LogP contribution in [0.1, 0.15) is 239 Å². The molecule has 10 heteroatoms. The van der Waals surface area contributed by atoms with Gasteiger partial charge in [0.1, 0.15) is 19.8 Å². The zero-order chi connectivity index (χ0) is 42.1. The summed E-state index contributed by atoms with van der Waals surface area (Å²) < 4.78 is 34.0. The molecule has 0 aromatic rings. The van der Waals surface area contributed by atoms with Gasteiger partial charge < -0.3 is 27.9 Å². The fraction of sp³-hybridized carbons (Fsp3) is 0.957. The first-order chi connectivity index (χ1) is 27.5. The second-order valence-corrected chi connectivity index (χ2v) is 19.3. The summed E-state index contributed by atoms with van der Waals surface area (Å²) >= 11 is 0. The molecule has 0 saturated heterocycles. The van der Waals surface area contributed by atoms with Gasteiger partial charge in [0.15, 0.2) is 6.10 Å². The Kier molecular flexibility index (Phi) is 39.7. The van der Waals surface area contributed by atoms with Crippen LogP contribution in [0.2, 0.25) is 0 Å². The van der Waals surface area contributed by atoms with Crippen LogP contribution in [-0.2, 0) is 32.7 Å². The second-order valence-electron chi connectivity index (χ2n) is 17.8. The van der Waals surface area contributed by atoms with Gasteiger partial charge >= 0.3 is 11.9 Å². The minimum absolute atomic E-state index is 0.0256. The number of unbranched alkanes of at least 4 members (excludes halogenated alkanes) is 31. The van der Waals surface area contributed by atoms with E-state index in [0.717, 1.165) is 32.1 Å². The molecular weight excluding hydrogens is 737 g/mol. The lowest BCUT2D eigenvalue weighted by Crippen LogP contribution is -2.37. The average Bonchev–Trinajstić information content (AvgIpc) is 3.16. The third-order valence-corrected chi connectivity index (χ3v) is 11.8. The number of rotatable bonds is 45. The topological polar surface area (TPSA) is 111 Å². The third-order valence-electron chi connectivity index (χ3n) is 10.9. The van der Waals surface area contributed by atoms with E-state index in [0.29, 0.717) is 17.4 Å². The number of phosphoric ester groups is 1. The molecule has 9 nitrogen and oxygen atoms in total. The lowest BCUT2D eigenvalue weighted by Gasteiger charge is -2.28. The van der Waals surface area contributed by atoms with Gasteiger partial charge in [-0.15, -0.1) is 0 Å². The normalized spacial score (nSPS) is 13.4. The van der Waals surface area contributed by atoms with Gasteiger partial charge in [0, 0.05) is 12.8 Å². The molecule has 2 atom stereocenters. The number of hydrogen-bond acceptors (Lipinski definition) is 8. The van der Waals surface area contributed by atoms with Gasteiger partial charge in [0.05, 0.1) is 27.7 Å². The van der Waals surface area contributed by atoms with Crippen molar-refractivity contribution in [3.05, 3.63) is 0 Å². The van der Waals surface area contributed by atoms with Gasteiger partial charge in [-0.05, 0) is 12.8 Å². The number of quaternary nitrogens is 1. The van der Waals surface area contributed by atoms with Crippen LogP contribution in [0.25, 0.3) is 0 Å². The molecule has 0 saturated carbocycles. The van der Waals surface area contributed by atoms with E-state index in [-0.39, 0.29) is 32.0 Å². The number of carbonyl (C=O) groups excluding carboxylic acids is 2. The summed E-state index contributed by atoms with van der Waals surface area (Å²) in [6.07, 6.45) is 41.3. The Morgan fingerprint density at radius 3 is 1.12 bits per heavy atom. The minimum Gasteiger partial charge on any atom is -0.756 e. The lowest BCUT2D eigenvalue weighted by molar-refractivity contribution is -0.870. The monoisotopic (exact) mass is 832 g/mol. The summed E-state index contributed by atoms with van der Waals surface area (Å²) in [5.41, 5.74) is 0. The number of likely N-dealkylation sites (N-methyl/N-ethyl adjacent to an activating group) is 1. The molecule has 0 aliphatic rings. The number of ether oxygens (including phenoxy) is 2. The molecule has 0 bridgehead atoms. The lowest BCUT2D eigenvalue weighted by atomic mass is 10.0. The minimum atomic E-state index is -4.62. The standard InChI is InChI=1S/C47H94NO8P/c1-6-8-10-12-14-16-18-20-21-22-23-24-25-26-27-28-30-31-33-35-37-39-46(49)53-43-45(44-55-57(51,52)54-42-41-48(3,4)5)56-47(50)40-38-36-34-32-29-19-17-15-13-11-9-7-2/h45H,6-44H2,1-5H3. The molecular formula is C47H94NO8P. The Morgan fingerprint density at radius 2 is 0.789 bits per heavy atom. The highest BCUT2D eigenvalue weighted by Crippen LogP contribution is 2.38. The number of nitrogens with zero attached hydrogens (tertiary/aromatic N) is 1. The highest BCUT2D eigenvalue weighted by Gasteiger charge is 2.21. The van der Waals surface area contributed by atoms with E-state index in [9.17, 15) is 19.0 Å². The summed E-state index contributed by atoms with van der Waals surface area (Å²) in [5, 5.41) is 0. The first-order valence-corrected chi connectivity index (χ1v) is 25.7. The van der Waals surface area contributed by atoms with Gasteiger partial charge in [-0.2, -0.15) is 0 Å². The summed E-state index contributed by atoms with van der Waals surface area (Å²) in [6.45, 7) is 4.27. The number of phosphoric acid groups is 1. The van der Waals surface area contributed by atoms with E-state index < -0.39 is 26.5 Å². The summed E-state index contributed by atoms with van der Waals surface area (Å²) in [4.78, 5) is 37.6. The van der Waals surface area contributed by atoms with Crippen LogP contribution in [0.4, 0.5) is 0 Å². The quantitative estimate of drug-likeness (QED) is 0.0258. The van der Waals surface area contributed by atoms with Crippen LogP contribution in [0.3, 0.4) is 0 Å². The molecule has 340 valence electrons. The average molecular weight is 832 g/mol. The summed E-state index contributed by atoms with van der Waals surface area (Å²) in [5.74, 6) is -0.818. The van der Waals surface area contributed by atoms with Gasteiger partial charge in [0.25, 0.3) is 7.82 Å². The molecule has 57 heavy (non-hydrogen) atoms. The fourth-order valence-electron chi connectivity index (χ4n) is 7.07. The van der Waals surface area contributed by atoms with E-state index >= 15 is 0 Å². The van der Waals surface area contributed by atoms with Crippen LogP contribution in [0, 0.1) is 0 Å².